The average Bonchev–Trinajstić information content (AvgIpc) is 2.62. The first-order chi connectivity index (χ1) is 7.18. The van der Waals surface area contributed by atoms with E-state index in [2.05, 4.69) is 17.1 Å². The van der Waals surface area contributed by atoms with Crippen molar-refractivity contribution in [3.05, 3.63) is 0 Å². The number of nitrogens with zero attached hydrogens (tertiary/aromatic N) is 1. The highest BCUT2D eigenvalue weighted by Crippen LogP contribution is 2.27. The Morgan fingerprint density at radius 3 is 2.73 bits per heavy atom. The Labute approximate surface area is 92.8 Å². The Kier molecular flexibility index (Phi) is 3.65. The summed E-state index contributed by atoms with van der Waals surface area (Å²) in [6.45, 7) is 6.47. The third kappa shape index (κ3) is 2.52. The van der Waals surface area contributed by atoms with E-state index in [9.17, 15) is 5.11 Å². The second-order valence-electron chi connectivity index (χ2n) is 5.19. The summed E-state index contributed by atoms with van der Waals surface area (Å²) < 4.78 is 0. The zero-order valence-corrected chi connectivity index (χ0v) is 9.95. The van der Waals surface area contributed by atoms with Crippen LogP contribution in [0.2, 0.25) is 0 Å². The van der Waals surface area contributed by atoms with Crippen molar-refractivity contribution in [1.82, 2.24) is 10.2 Å². The fraction of sp³-hybridized carbons (Fsp3) is 1.00. The third-order valence-corrected chi connectivity index (χ3v) is 4.06. The summed E-state index contributed by atoms with van der Waals surface area (Å²) in [5.74, 6) is 0. The van der Waals surface area contributed by atoms with Crippen molar-refractivity contribution >= 4 is 0 Å². The van der Waals surface area contributed by atoms with Gasteiger partial charge < -0.3 is 10.4 Å². The molecule has 2 N–H and O–H groups in total. The van der Waals surface area contributed by atoms with Crippen LogP contribution < -0.4 is 5.32 Å². The minimum atomic E-state index is -0.248. The van der Waals surface area contributed by atoms with Crippen LogP contribution in [-0.2, 0) is 0 Å². The van der Waals surface area contributed by atoms with E-state index in [0.717, 1.165) is 6.04 Å². The number of nitrogens with one attached hydrogen (secondary N) is 1. The predicted octanol–water partition coefficient (Wildman–Crippen LogP) is 0.972. The largest absolute Gasteiger partial charge is 0.392 e. The summed E-state index contributed by atoms with van der Waals surface area (Å²) in [4.78, 5) is 2.62. The first-order valence-corrected chi connectivity index (χ1v) is 6.36. The van der Waals surface area contributed by atoms with Crippen LogP contribution in [0.3, 0.4) is 0 Å². The highest BCUT2D eigenvalue weighted by molar-refractivity contribution is 4.95. The number of aliphatic hydroxyl groups is 1. The van der Waals surface area contributed by atoms with E-state index in [0.29, 0.717) is 6.04 Å². The fourth-order valence-corrected chi connectivity index (χ4v) is 2.92. The molecule has 0 aromatic heterocycles. The number of piperidine rings is 1. The summed E-state index contributed by atoms with van der Waals surface area (Å²) in [6.07, 6.45) is 5.09. The van der Waals surface area contributed by atoms with Gasteiger partial charge in [-0.3, -0.25) is 4.90 Å². The second kappa shape index (κ2) is 4.81. The van der Waals surface area contributed by atoms with Crippen molar-refractivity contribution < 1.29 is 5.11 Å². The SMILES string of the molecule is CC(O)C(C)NC1CCN2CCCCC12. The van der Waals surface area contributed by atoms with Gasteiger partial charge in [-0.05, 0) is 39.7 Å². The summed E-state index contributed by atoms with van der Waals surface area (Å²) in [6, 6.07) is 1.56. The maximum Gasteiger partial charge on any atom is 0.0662 e. The molecule has 3 heteroatoms. The molecule has 88 valence electrons. The molecule has 0 amide bonds. The van der Waals surface area contributed by atoms with E-state index in [1.54, 1.807) is 0 Å². The van der Waals surface area contributed by atoms with Crippen LogP contribution in [-0.4, -0.2) is 47.3 Å². The van der Waals surface area contributed by atoms with Crippen molar-refractivity contribution in [3.8, 4) is 0 Å². The molecule has 15 heavy (non-hydrogen) atoms. The molecule has 0 aromatic rings. The van der Waals surface area contributed by atoms with E-state index in [4.69, 9.17) is 0 Å². The monoisotopic (exact) mass is 212 g/mol. The second-order valence-corrected chi connectivity index (χ2v) is 5.19. The van der Waals surface area contributed by atoms with Crippen molar-refractivity contribution in [1.29, 1.82) is 0 Å². The lowest BCUT2D eigenvalue weighted by Gasteiger charge is -2.34. The molecule has 0 radical (unpaired) electrons. The van der Waals surface area contributed by atoms with Gasteiger partial charge in [0.1, 0.15) is 0 Å². The highest BCUT2D eigenvalue weighted by atomic mass is 16.3. The van der Waals surface area contributed by atoms with E-state index in [1.165, 1.54) is 38.8 Å². The molecule has 0 aliphatic carbocycles. The van der Waals surface area contributed by atoms with Crippen LogP contribution in [0.1, 0.15) is 39.5 Å². The number of hydrogen-bond acceptors (Lipinski definition) is 3. The number of rotatable bonds is 3. The van der Waals surface area contributed by atoms with Gasteiger partial charge in [0.05, 0.1) is 6.10 Å². The van der Waals surface area contributed by atoms with E-state index >= 15 is 0 Å². The Balaban J connectivity index is 1.87. The lowest BCUT2D eigenvalue weighted by molar-refractivity contribution is 0.129. The topological polar surface area (TPSA) is 35.5 Å². The lowest BCUT2D eigenvalue weighted by atomic mass is 9.98. The molecular formula is C12H24N2O. The van der Waals surface area contributed by atoms with E-state index in [-0.39, 0.29) is 12.1 Å². The zero-order valence-electron chi connectivity index (χ0n) is 9.95. The molecule has 3 nitrogen and oxygen atoms in total. The van der Waals surface area contributed by atoms with Gasteiger partial charge in [0.15, 0.2) is 0 Å². The molecule has 0 bridgehead atoms. The van der Waals surface area contributed by atoms with Gasteiger partial charge >= 0.3 is 0 Å². The zero-order chi connectivity index (χ0) is 10.8. The van der Waals surface area contributed by atoms with Gasteiger partial charge in [-0.25, -0.2) is 0 Å². The average molecular weight is 212 g/mol. The van der Waals surface area contributed by atoms with Crippen LogP contribution >= 0.6 is 0 Å². The summed E-state index contributed by atoms with van der Waals surface area (Å²) in [5, 5.41) is 13.1. The van der Waals surface area contributed by atoms with Crippen molar-refractivity contribution in [2.45, 2.75) is 63.8 Å². The predicted molar refractivity (Wildman–Crippen MR) is 61.9 cm³/mol. The van der Waals surface area contributed by atoms with E-state index < -0.39 is 0 Å². The van der Waals surface area contributed by atoms with Gasteiger partial charge in [0.2, 0.25) is 0 Å². The van der Waals surface area contributed by atoms with Crippen molar-refractivity contribution in [2.75, 3.05) is 13.1 Å². The molecule has 4 atom stereocenters. The summed E-state index contributed by atoms with van der Waals surface area (Å²) in [5.41, 5.74) is 0. The third-order valence-electron chi connectivity index (χ3n) is 4.06. The Hall–Kier alpha value is -0.120. The van der Waals surface area contributed by atoms with Gasteiger partial charge in [-0.15, -0.1) is 0 Å². The minimum absolute atomic E-state index is 0.219. The van der Waals surface area contributed by atoms with Gasteiger partial charge in [0.25, 0.3) is 0 Å². The quantitative estimate of drug-likeness (QED) is 0.732. The highest BCUT2D eigenvalue weighted by Gasteiger charge is 2.36. The summed E-state index contributed by atoms with van der Waals surface area (Å²) >= 11 is 0. The molecule has 0 spiro atoms. The number of aliphatic hydroxyl groups excluding tert-OH is 1. The van der Waals surface area contributed by atoms with Crippen molar-refractivity contribution in [2.24, 2.45) is 0 Å². The van der Waals surface area contributed by atoms with Gasteiger partial charge in [-0.2, -0.15) is 0 Å². The van der Waals surface area contributed by atoms with Crippen LogP contribution in [0.15, 0.2) is 0 Å². The molecule has 2 heterocycles. The Morgan fingerprint density at radius 2 is 2.00 bits per heavy atom. The molecular weight excluding hydrogens is 188 g/mol. The van der Waals surface area contributed by atoms with Crippen LogP contribution in [0.4, 0.5) is 0 Å². The number of fused-ring (bicyclic) bond motifs is 1. The van der Waals surface area contributed by atoms with Gasteiger partial charge in [-0.1, -0.05) is 6.42 Å². The molecule has 2 aliphatic rings. The smallest absolute Gasteiger partial charge is 0.0662 e. The lowest BCUT2D eigenvalue weighted by Crippen LogP contribution is -2.50. The van der Waals surface area contributed by atoms with Gasteiger partial charge in [0, 0.05) is 24.7 Å². The van der Waals surface area contributed by atoms with E-state index in [1.807, 2.05) is 6.92 Å². The first-order valence-electron chi connectivity index (χ1n) is 6.36. The molecule has 0 saturated carbocycles. The number of hydrogen-bond donors (Lipinski definition) is 2. The normalized spacial score (nSPS) is 36.2. The van der Waals surface area contributed by atoms with Crippen LogP contribution in [0.5, 0.6) is 0 Å². The van der Waals surface area contributed by atoms with Crippen LogP contribution in [0.25, 0.3) is 0 Å². The minimum Gasteiger partial charge on any atom is -0.392 e. The summed E-state index contributed by atoms with van der Waals surface area (Å²) in [7, 11) is 0. The standard InChI is InChI=1S/C12H24N2O/c1-9(10(2)15)13-11-6-8-14-7-4-3-5-12(11)14/h9-13,15H,3-8H2,1-2H3. The van der Waals surface area contributed by atoms with Crippen molar-refractivity contribution in [3.63, 3.8) is 0 Å². The molecule has 4 unspecified atom stereocenters. The van der Waals surface area contributed by atoms with Crippen LogP contribution in [0, 0.1) is 0 Å². The molecule has 2 saturated heterocycles. The maximum atomic E-state index is 9.50. The first kappa shape index (κ1) is 11.4. The fourth-order valence-electron chi connectivity index (χ4n) is 2.92. The molecule has 2 fully saturated rings. The Bertz CT molecular complexity index is 208. The molecule has 2 rings (SSSR count). The molecule has 2 aliphatic heterocycles. The molecule has 0 aromatic carbocycles. The maximum absolute atomic E-state index is 9.50. The Morgan fingerprint density at radius 1 is 1.20 bits per heavy atom.